The van der Waals surface area contributed by atoms with E-state index < -0.39 is 0 Å². The Balaban J connectivity index is 2.02. The number of anilines is 1. The number of nitrogens with zero attached hydrogens (tertiary/aromatic N) is 2. The highest BCUT2D eigenvalue weighted by Gasteiger charge is 2.17. The van der Waals surface area contributed by atoms with E-state index in [4.69, 9.17) is 0 Å². The Kier molecular flexibility index (Phi) is 1.94. The zero-order chi connectivity index (χ0) is 8.39. The van der Waals surface area contributed by atoms with Crippen LogP contribution >= 0.6 is 0 Å². The number of aromatic nitrogens is 2. The van der Waals surface area contributed by atoms with Crippen molar-refractivity contribution in [1.29, 1.82) is 0 Å². The molecule has 0 aromatic carbocycles. The topological polar surface area (TPSA) is 37.8 Å². The van der Waals surface area contributed by atoms with Gasteiger partial charge in [-0.05, 0) is 32.3 Å². The quantitative estimate of drug-likeness (QED) is 0.721. The maximum Gasteiger partial charge on any atom is 0.223 e. The summed E-state index contributed by atoms with van der Waals surface area (Å²) >= 11 is 0. The average molecular weight is 163 g/mol. The number of rotatable bonds is 2. The Morgan fingerprint density at radius 3 is 2.92 bits per heavy atom. The van der Waals surface area contributed by atoms with Gasteiger partial charge in [0, 0.05) is 17.9 Å². The van der Waals surface area contributed by atoms with Crippen LogP contribution in [-0.2, 0) is 0 Å². The maximum absolute atomic E-state index is 4.27. The molecule has 2 rings (SSSR count). The molecule has 64 valence electrons. The van der Waals surface area contributed by atoms with Gasteiger partial charge in [-0.15, -0.1) is 0 Å². The first-order valence-electron chi connectivity index (χ1n) is 4.41. The molecule has 0 aliphatic heterocycles. The van der Waals surface area contributed by atoms with Crippen molar-refractivity contribution in [3.05, 3.63) is 18.0 Å². The SMILES string of the molecule is Cc1ccnc(NC2CCC2)n1. The zero-order valence-corrected chi connectivity index (χ0v) is 7.25. The van der Waals surface area contributed by atoms with Crippen molar-refractivity contribution >= 4 is 5.95 Å². The minimum Gasteiger partial charge on any atom is -0.351 e. The van der Waals surface area contributed by atoms with Gasteiger partial charge in [0.2, 0.25) is 5.95 Å². The molecule has 1 aliphatic rings. The highest BCUT2D eigenvalue weighted by Crippen LogP contribution is 2.21. The molecule has 0 unspecified atom stereocenters. The van der Waals surface area contributed by atoms with E-state index in [9.17, 15) is 0 Å². The third-order valence-electron chi connectivity index (χ3n) is 2.23. The van der Waals surface area contributed by atoms with E-state index in [1.807, 2.05) is 13.0 Å². The molecule has 0 spiro atoms. The van der Waals surface area contributed by atoms with Gasteiger partial charge in [-0.2, -0.15) is 0 Å². The van der Waals surface area contributed by atoms with Crippen LogP contribution in [0.15, 0.2) is 12.3 Å². The molecule has 1 fully saturated rings. The Morgan fingerprint density at radius 1 is 1.50 bits per heavy atom. The monoisotopic (exact) mass is 163 g/mol. The standard InChI is InChI=1S/C9H13N3/c1-7-5-6-10-9(11-7)12-8-3-2-4-8/h5-6,8H,2-4H2,1H3,(H,10,11,12). The Bertz CT molecular complexity index is 268. The van der Waals surface area contributed by atoms with Crippen LogP contribution in [0.1, 0.15) is 25.0 Å². The number of nitrogens with one attached hydrogen (secondary N) is 1. The minimum absolute atomic E-state index is 0.617. The molecule has 1 aromatic heterocycles. The molecular weight excluding hydrogens is 150 g/mol. The highest BCUT2D eigenvalue weighted by molar-refractivity contribution is 5.27. The lowest BCUT2D eigenvalue weighted by molar-refractivity contribution is 0.443. The molecular formula is C9H13N3. The minimum atomic E-state index is 0.617. The van der Waals surface area contributed by atoms with Crippen LogP contribution in [0.3, 0.4) is 0 Å². The summed E-state index contributed by atoms with van der Waals surface area (Å²) in [6, 6.07) is 2.53. The van der Waals surface area contributed by atoms with E-state index in [2.05, 4.69) is 15.3 Å². The molecule has 0 amide bonds. The zero-order valence-electron chi connectivity index (χ0n) is 7.25. The number of hydrogen-bond acceptors (Lipinski definition) is 3. The number of aryl methyl sites for hydroxylation is 1. The fraction of sp³-hybridized carbons (Fsp3) is 0.556. The Labute approximate surface area is 72.2 Å². The summed E-state index contributed by atoms with van der Waals surface area (Å²) in [4.78, 5) is 8.41. The second-order valence-corrected chi connectivity index (χ2v) is 3.29. The van der Waals surface area contributed by atoms with Crippen molar-refractivity contribution in [1.82, 2.24) is 9.97 Å². The first kappa shape index (κ1) is 7.53. The van der Waals surface area contributed by atoms with Crippen molar-refractivity contribution in [3.63, 3.8) is 0 Å². The van der Waals surface area contributed by atoms with E-state index in [-0.39, 0.29) is 0 Å². The van der Waals surface area contributed by atoms with Gasteiger partial charge in [-0.3, -0.25) is 0 Å². The first-order valence-corrected chi connectivity index (χ1v) is 4.41. The third kappa shape index (κ3) is 1.55. The summed E-state index contributed by atoms with van der Waals surface area (Å²) in [6.45, 7) is 1.98. The van der Waals surface area contributed by atoms with Crippen molar-refractivity contribution in [2.24, 2.45) is 0 Å². The van der Waals surface area contributed by atoms with E-state index in [1.165, 1.54) is 19.3 Å². The molecule has 1 aliphatic carbocycles. The van der Waals surface area contributed by atoms with Gasteiger partial charge in [0.15, 0.2) is 0 Å². The maximum atomic E-state index is 4.27. The van der Waals surface area contributed by atoms with Gasteiger partial charge < -0.3 is 5.32 Å². The van der Waals surface area contributed by atoms with Crippen molar-refractivity contribution < 1.29 is 0 Å². The second-order valence-electron chi connectivity index (χ2n) is 3.29. The smallest absolute Gasteiger partial charge is 0.223 e. The molecule has 1 saturated carbocycles. The third-order valence-corrected chi connectivity index (χ3v) is 2.23. The molecule has 0 atom stereocenters. The van der Waals surface area contributed by atoms with E-state index in [0.29, 0.717) is 6.04 Å². The predicted octanol–water partition coefficient (Wildman–Crippen LogP) is 1.75. The normalized spacial score (nSPS) is 17.1. The van der Waals surface area contributed by atoms with Crippen LogP contribution in [0.4, 0.5) is 5.95 Å². The van der Waals surface area contributed by atoms with Crippen LogP contribution in [0.5, 0.6) is 0 Å². The van der Waals surface area contributed by atoms with Gasteiger partial charge in [0.1, 0.15) is 0 Å². The van der Waals surface area contributed by atoms with Crippen molar-refractivity contribution in [2.45, 2.75) is 32.2 Å². The molecule has 1 aromatic rings. The van der Waals surface area contributed by atoms with Crippen LogP contribution in [0, 0.1) is 6.92 Å². The van der Waals surface area contributed by atoms with E-state index in [0.717, 1.165) is 11.6 Å². The van der Waals surface area contributed by atoms with Crippen LogP contribution < -0.4 is 5.32 Å². The van der Waals surface area contributed by atoms with Crippen molar-refractivity contribution in [3.8, 4) is 0 Å². The molecule has 0 saturated heterocycles. The van der Waals surface area contributed by atoms with Crippen molar-refractivity contribution in [2.75, 3.05) is 5.32 Å². The molecule has 12 heavy (non-hydrogen) atoms. The lowest BCUT2D eigenvalue weighted by atomic mass is 9.93. The summed E-state index contributed by atoms with van der Waals surface area (Å²) in [5, 5.41) is 3.30. The summed E-state index contributed by atoms with van der Waals surface area (Å²) in [6.07, 6.45) is 5.65. The van der Waals surface area contributed by atoms with Gasteiger partial charge in [0.25, 0.3) is 0 Å². The van der Waals surface area contributed by atoms with Gasteiger partial charge in [-0.25, -0.2) is 9.97 Å². The number of hydrogen-bond donors (Lipinski definition) is 1. The summed E-state index contributed by atoms with van der Waals surface area (Å²) < 4.78 is 0. The average Bonchev–Trinajstić information content (AvgIpc) is 1.97. The predicted molar refractivity (Wildman–Crippen MR) is 48.0 cm³/mol. The Hall–Kier alpha value is -1.12. The van der Waals surface area contributed by atoms with Gasteiger partial charge in [-0.1, -0.05) is 0 Å². The molecule has 0 bridgehead atoms. The van der Waals surface area contributed by atoms with E-state index in [1.54, 1.807) is 6.20 Å². The Morgan fingerprint density at radius 2 is 2.33 bits per heavy atom. The summed E-state index contributed by atoms with van der Waals surface area (Å²) in [7, 11) is 0. The second kappa shape index (κ2) is 3.09. The largest absolute Gasteiger partial charge is 0.351 e. The van der Waals surface area contributed by atoms with Gasteiger partial charge in [0.05, 0.1) is 0 Å². The first-order chi connectivity index (χ1) is 5.84. The fourth-order valence-electron chi connectivity index (χ4n) is 1.25. The summed E-state index contributed by atoms with van der Waals surface area (Å²) in [5.74, 6) is 0.778. The fourth-order valence-corrected chi connectivity index (χ4v) is 1.25. The summed E-state index contributed by atoms with van der Waals surface area (Å²) in [5.41, 5.74) is 1.02. The lowest BCUT2D eigenvalue weighted by Crippen LogP contribution is -2.28. The van der Waals surface area contributed by atoms with Crippen LogP contribution in [0.2, 0.25) is 0 Å². The van der Waals surface area contributed by atoms with Crippen LogP contribution in [-0.4, -0.2) is 16.0 Å². The van der Waals surface area contributed by atoms with Crippen LogP contribution in [0.25, 0.3) is 0 Å². The van der Waals surface area contributed by atoms with Gasteiger partial charge >= 0.3 is 0 Å². The molecule has 3 heteroatoms. The molecule has 3 nitrogen and oxygen atoms in total. The lowest BCUT2D eigenvalue weighted by Gasteiger charge is -2.26. The molecule has 1 heterocycles. The molecule has 0 radical (unpaired) electrons. The molecule has 1 N–H and O–H groups in total. The van der Waals surface area contributed by atoms with E-state index >= 15 is 0 Å². The highest BCUT2D eigenvalue weighted by atomic mass is 15.1.